The quantitative estimate of drug-likeness (QED) is 0.875. The standard InChI is InChI=1S/C15H16N4O3/c1-10-13(7-16-9-17-10)15(21)19-12-5-3-11(4-6-12)18-14(20)8-22-2/h3-7,9H,8H2,1-2H3,(H,18,20)(H,19,21). The monoisotopic (exact) mass is 300 g/mol. The van der Waals surface area contributed by atoms with Crippen molar-refractivity contribution in [1.29, 1.82) is 0 Å². The molecule has 0 aliphatic heterocycles. The van der Waals surface area contributed by atoms with Crippen molar-refractivity contribution >= 4 is 23.2 Å². The van der Waals surface area contributed by atoms with Gasteiger partial charge in [0.15, 0.2) is 0 Å². The minimum Gasteiger partial charge on any atom is -0.375 e. The van der Waals surface area contributed by atoms with E-state index >= 15 is 0 Å². The van der Waals surface area contributed by atoms with Crippen LogP contribution < -0.4 is 10.6 Å². The Labute approximate surface area is 127 Å². The predicted molar refractivity (Wildman–Crippen MR) is 81.7 cm³/mol. The number of methoxy groups -OCH3 is 1. The number of benzene rings is 1. The fourth-order valence-corrected chi connectivity index (χ4v) is 1.78. The Balaban J connectivity index is 2.01. The second-order valence-corrected chi connectivity index (χ2v) is 4.53. The van der Waals surface area contributed by atoms with Gasteiger partial charge in [-0.3, -0.25) is 9.59 Å². The molecule has 0 spiro atoms. The van der Waals surface area contributed by atoms with Gasteiger partial charge >= 0.3 is 0 Å². The topological polar surface area (TPSA) is 93.2 Å². The first-order valence-electron chi connectivity index (χ1n) is 6.57. The molecule has 22 heavy (non-hydrogen) atoms. The molecule has 2 aromatic rings. The Bertz CT molecular complexity index is 671. The van der Waals surface area contributed by atoms with Crippen LogP contribution in [0.3, 0.4) is 0 Å². The number of nitrogens with zero attached hydrogens (tertiary/aromatic N) is 2. The van der Waals surface area contributed by atoms with Crippen LogP contribution >= 0.6 is 0 Å². The Hall–Kier alpha value is -2.80. The van der Waals surface area contributed by atoms with E-state index in [-0.39, 0.29) is 18.4 Å². The summed E-state index contributed by atoms with van der Waals surface area (Å²) in [5.74, 6) is -0.523. The summed E-state index contributed by atoms with van der Waals surface area (Å²) in [4.78, 5) is 31.3. The van der Waals surface area contributed by atoms with Crippen LogP contribution in [-0.4, -0.2) is 35.5 Å². The zero-order valence-corrected chi connectivity index (χ0v) is 12.3. The summed E-state index contributed by atoms with van der Waals surface area (Å²) in [6, 6.07) is 6.77. The minimum absolute atomic E-state index is 0.00816. The van der Waals surface area contributed by atoms with Crippen molar-refractivity contribution in [3.05, 3.63) is 48.0 Å². The number of aromatic nitrogens is 2. The number of hydrogen-bond acceptors (Lipinski definition) is 5. The van der Waals surface area contributed by atoms with Crippen molar-refractivity contribution in [2.75, 3.05) is 24.4 Å². The largest absolute Gasteiger partial charge is 0.375 e. The summed E-state index contributed by atoms with van der Waals surface area (Å²) in [5.41, 5.74) is 2.26. The number of carbonyl (C=O) groups is 2. The van der Waals surface area contributed by atoms with E-state index < -0.39 is 0 Å². The summed E-state index contributed by atoms with van der Waals surface area (Å²) >= 11 is 0. The molecule has 114 valence electrons. The van der Waals surface area contributed by atoms with E-state index in [1.54, 1.807) is 31.2 Å². The van der Waals surface area contributed by atoms with Gasteiger partial charge in [0.2, 0.25) is 5.91 Å². The highest BCUT2D eigenvalue weighted by atomic mass is 16.5. The Morgan fingerprint density at radius 1 is 1.14 bits per heavy atom. The number of anilines is 2. The Kier molecular flexibility index (Phi) is 5.16. The number of rotatable bonds is 5. The summed E-state index contributed by atoms with van der Waals surface area (Å²) in [7, 11) is 1.45. The summed E-state index contributed by atoms with van der Waals surface area (Å²) in [5, 5.41) is 5.42. The number of hydrogen-bond donors (Lipinski definition) is 2. The van der Waals surface area contributed by atoms with Gasteiger partial charge in [-0.1, -0.05) is 0 Å². The van der Waals surface area contributed by atoms with E-state index in [0.29, 0.717) is 22.6 Å². The van der Waals surface area contributed by atoms with Gasteiger partial charge in [0, 0.05) is 24.7 Å². The molecule has 0 aliphatic carbocycles. The average molecular weight is 300 g/mol. The van der Waals surface area contributed by atoms with Crippen LogP contribution in [0.25, 0.3) is 0 Å². The first-order valence-corrected chi connectivity index (χ1v) is 6.57. The maximum atomic E-state index is 12.1. The van der Waals surface area contributed by atoms with Crippen LogP contribution in [0.4, 0.5) is 11.4 Å². The maximum Gasteiger partial charge on any atom is 0.259 e. The molecular weight excluding hydrogens is 284 g/mol. The molecule has 0 radical (unpaired) electrons. The van der Waals surface area contributed by atoms with Crippen molar-refractivity contribution in [2.24, 2.45) is 0 Å². The first-order chi connectivity index (χ1) is 10.6. The van der Waals surface area contributed by atoms with E-state index in [9.17, 15) is 9.59 Å². The molecule has 1 heterocycles. The molecule has 2 rings (SSSR count). The normalized spacial score (nSPS) is 10.1. The third-order valence-electron chi connectivity index (χ3n) is 2.86. The van der Waals surface area contributed by atoms with E-state index in [2.05, 4.69) is 20.6 Å². The molecule has 0 atom stereocenters. The van der Waals surface area contributed by atoms with Gasteiger partial charge in [-0.25, -0.2) is 9.97 Å². The fourth-order valence-electron chi connectivity index (χ4n) is 1.78. The van der Waals surface area contributed by atoms with Crippen molar-refractivity contribution in [1.82, 2.24) is 9.97 Å². The highest BCUT2D eigenvalue weighted by Crippen LogP contribution is 2.15. The minimum atomic E-state index is -0.283. The summed E-state index contributed by atoms with van der Waals surface area (Å²) < 4.78 is 4.73. The highest BCUT2D eigenvalue weighted by molar-refractivity contribution is 6.04. The van der Waals surface area contributed by atoms with Crippen LogP contribution in [0.15, 0.2) is 36.8 Å². The van der Waals surface area contributed by atoms with E-state index in [1.807, 2.05) is 0 Å². The lowest BCUT2D eigenvalue weighted by Gasteiger charge is -2.08. The number of nitrogens with one attached hydrogen (secondary N) is 2. The highest BCUT2D eigenvalue weighted by Gasteiger charge is 2.10. The zero-order chi connectivity index (χ0) is 15.9. The molecule has 7 heteroatoms. The third kappa shape index (κ3) is 4.10. The molecule has 0 bridgehead atoms. The lowest BCUT2D eigenvalue weighted by molar-refractivity contribution is -0.119. The van der Waals surface area contributed by atoms with Crippen molar-refractivity contribution in [3.63, 3.8) is 0 Å². The molecule has 1 aromatic carbocycles. The second-order valence-electron chi connectivity index (χ2n) is 4.53. The summed E-state index contributed by atoms with van der Waals surface area (Å²) in [6.45, 7) is 1.73. The number of ether oxygens (including phenoxy) is 1. The molecule has 0 saturated carbocycles. The van der Waals surface area contributed by atoms with Gasteiger partial charge in [0.1, 0.15) is 12.9 Å². The fraction of sp³-hybridized carbons (Fsp3) is 0.200. The molecular formula is C15H16N4O3. The molecule has 2 N–H and O–H groups in total. The Morgan fingerprint density at radius 2 is 1.77 bits per heavy atom. The van der Waals surface area contributed by atoms with Crippen molar-refractivity contribution < 1.29 is 14.3 Å². The van der Waals surface area contributed by atoms with Crippen molar-refractivity contribution in [2.45, 2.75) is 6.92 Å². The molecule has 1 aromatic heterocycles. The molecule has 0 saturated heterocycles. The van der Waals surface area contributed by atoms with E-state index in [0.717, 1.165) is 0 Å². The van der Waals surface area contributed by atoms with Gasteiger partial charge in [-0.05, 0) is 31.2 Å². The van der Waals surface area contributed by atoms with E-state index in [4.69, 9.17) is 4.74 Å². The zero-order valence-electron chi connectivity index (χ0n) is 12.3. The lowest BCUT2D eigenvalue weighted by atomic mass is 10.2. The van der Waals surface area contributed by atoms with Crippen LogP contribution in [0, 0.1) is 6.92 Å². The van der Waals surface area contributed by atoms with Gasteiger partial charge < -0.3 is 15.4 Å². The van der Waals surface area contributed by atoms with E-state index in [1.165, 1.54) is 19.6 Å². The second kappa shape index (κ2) is 7.28. The number of aryl methyl sites for hydroxylation is 1. The lowest BCUT2D eigenvalue weighted by Crippen LogP contribution is -2.17. The molecule has 0 unspecified atom stereocenters. The van der Waals surface area contributed by atoms with Gasteiger partial charge in [0.05, 0.1) is 11.3 Å². The van der Waals surface area contributed by atoms with Crippen LogP contribution in [0.5, 0.6) is 0 Å². The van der Waals surface area contributed by atoms with Crippen LogP contribution in [-0.2, 0) is 9.53 Å². The van der Waals surface area contributed by atoms with Gasteiger partial charge in [0.25, 0.3) is 5.91 Å². The number of amides is 2. The van der Waals surface area contributed by atoms with Crippen LogP contribution in [0.1, 0.15) is 16.1 Å². The average Bonchev–Trinajstić information content (AvgIpc) is 2.50. The smallest absolute Gasteiger partial charge is 0.259 e. The molecule has 7 nitrogen and oxygen atoms in total. The van der Waals surface area contributed by atoms with Gasteiger partial charge in [-0.2, -0.15) is 0 Å². The van der Waals surface area contributed by atoms with Gasteiger partial charge in [-0.15, -0.1) is 0 Å². The molecule has 0 aliphatic rings. The van der Waals surface area contributed by atoms with Crippen LogP contribution in [0.2, 0.25) is 0 Å². The first kappa shape index (κ1) is 15.6. The number of carbonyl (C=O) groups excluding carboxylic acids is 2. The molecule has 0 fully saturated rings. The summed E-state index contributed by atoms with van der Waals surface area (Å²) in [6.07, 6.45) is 2.86. The van der Waals surface area contributed by atoms with Crippen molar-refractivity contribution in [3.8, 4) is 0 Å². The molecule has 2 amide bonds. The maximum absolute atomic E-state index is 12.1. The Morgan fingerprint density at radius 3 is 2.36 bits per heavy atom. The SMILES string of the molecule is COCC(=O)Nc1ccc(NC(=O)c2cncnc2C)cc1. The third-order valence-corrected chi connectivity index (χ3v) is 2.86. The predicted octanol–water partition coefficient (Wildman–Crippen LogP) is 1.62.